The number of esters is 1. The van der Waals surface area contributed by atoms with E-state index in [2.05, 4.69) is 15.3 Å². The van der Waals surface area contributed by atoms with Crippen molar-refractivity contribution in [2.24, 2.45) is 5.92 Å². The van der Waals surface area contributed by atoms with Crippen molar-refractivity contribution in [3.05, 3.63) is 46.8 Å². The first-order valence-corrected chi connectivity index (χ1v) is 11.4. The number of benzene rings is 1. The quantitative estimate of drug-likeness (QED) is 0.269. The molecule has 1 N–H and O–H groups in total. The Hall–Kier alpha value is -2.74. The zero-order chi connectivity index (χ0) is 23.1. The lowest BCUT2D eigenvalue weighted by atomic mass is 10.1. The van der Waals surface area contributed by atoms with E-state index in [1.807, 2.05) is 20.1 Å². The molecule has 0 bridgehead atoms. The number of aryl methyl sites for hydroxylation is 2. The van der Waals surface area contributed by atoms with E-state index in [0.717, 1.165) is 17.0 Å². The van der Waals surface area contributed by atoms with Gasteiger partial charge in [0.05, 0.1) is 0 Å². The maximum absolute atomic E-state index is 12.6. The monoisotopic (exact) mass is 443 g/mol. The summed E-state index contributed by atoms with van der Waals surface area (Å²) in [6.07, 6.45) is 1.61. The van der Waals surface area contributed by atoms with Crippen LogP contribution in [0, 0.1) is 19.8 Å². The minimum atomic E-state index is -0.902. The SMILES string of the molecule is CSc1nc(C)c(CCC(=O)OC(C)C(=O)c2ccc(NC(=O)C(C)C)cc2)c(C)n1. The minimum Gasteiger partial charge on any atom is -0.454 e. The Kier molecular flexibility index (Phi) is 8.74. The third-order valence-corrected chi connectivity index (χ3v) is 5.35. The Balaban J connectivity index is 1.92. The summed E-state index contributed by atoms with van der Waals surface area (Å²) in [5.41, 5.74) is 3.64. The van der Waals surface area contributed by atoms with E-state index in [-0.39, 0.29) is 24.0 Å². The van der Waals surface area contributed by atoms with Gasteiger partial charge in [0.25, 0.3) is 0 Å². The van der Waals surface area contributed by atoms with Crippen molar-refractivity contribution in [1.82, 2.24) is 9.97 Å². The summed E-state index contributed by atoms with van der Waals surface area (Å²) in [6.45, 7) is 8.96. The second-order valence-corrected chi connectivity index (χ2v) is 8.35. The maximum atomic E-state index is 12.6. The van der Waals surface area contributed by atoms with E-state index < -0.39 is 12.1 Å². The second kappa shape index (κ2) is 11.0. The Bertz CT molecular complexity index is 935. The van der Waals surface area contributed by atoms with Crippen LogP contribution in [0.5, 0.6) is 0 Å². The number of hydrogen-bond donors (Lipinski definition) is 1. The first-order valence-electron chi connectivity index (χ1n) is 10.1. The van der Waals surface area contributed by atoms with Crippen LogP contribution in [0.1, 0.15) is 54.5 Å². The Labute approximate surface area is 187 Å². The Morgan fingerprint density at radius 1 is 1.03 bits per heavy atom. The highest BCUT2D eigenvalue weighted by molar-refractivity contribution is 7.98. The van der Waals surface area contributed by atoms with E-state index in [1.54, 1.807) is 45.0 Å². The number of aromatic nitrogens is 2. The van der Waals surface area contributed by atoms with Crippen LogP contribution >= 0.6 is 11.8 Å². The molecule has 1 unspecified atom stereocenters. The largest absolute Gasteiger partial charge is 0.454 e. The fourth-order valence-electron chi connectivity index (χ4n) is 2.94. The van der Waals surface area contributed by atoms with Gasteiger partial charge in [-0.25, -0.2) is 9.97 Å². The van der Waals surface area contributed by atoms with Crippen molar-refractivity contribution in [3.63, 3.8) is 0 Å². The number of carbonyl (C=O) groups is 3. The normalized spacial score (nSPS) is 11.8. The van der Waals surface area contributed by atoms with Gasteiger partial charge in [0.15, 0.2) is 11.3 Å². The fourth-order valence-corrected chi connectivity index (χ4v) is 3.39. The van der Waals surface area contributed by atoms with Crippen molar-refractivity contribution in [2.45, 2.75) is 58.7 Å². The molecule has 8 heteroatoms. The van der Waals surface area contributed by atoms with Crippen LogP contribution in [0.3, 0.4) is 0 Å². The standard InChI is InChI=1S/C23H29N3O4S/c1-13(2)22(29)26-18-9-7-17(8-10-18)21(28)16(5)30-20(27)12-11-19-14(3)24-23(31-6)25-15(19)4/h7-10,13,16H,11-12H2,1-6H3,(H,26,29). The number of anilines is 1. The molecule has 0 aliphatic carbocycles. The van der Waals surface area contributed by atoms with Crippen LogP contribution < -0.4 is 5.32 Å². The molecule has 166 valence electrons. The van der Waals surface area contributed by atoms with Crippen molar-refractivity contribution in [2.75, 3.05) is 11.6 Å². The molecule has 1 amide bonds. The number of nitrogens with zero attached hydrogens (tertiary/aromatic N) is 2. The van der Waals surface area contributed by atoms with E-state index in [4.69, 9.17) is 4.74 Å². The molecular weight excluding hydrogens is 414 g/mol. The number of hydrogen-bond acceptors (Lipinski definition) is 7. The first-order chi connectivity index (χ1) is 14.6. The smallest absolute Gasteiger partial charge is 0.306 e. The highest BCUT2D eigenvalue weighted by atomic mass is 32.2. The van der Waals surface area contributed by atoms with Gasteiger partial charge in [-0.2, -0.15) is 0 Å². The van der Waals surface area contributed by atoms with Crippen molar-refractivity contribution in [1.29, 1.82) is 0 Å². The van der Waals surface area contributed by atoms with Gasteiger partial charge in [0, 0.05) is 35.0 Å². The first kappa shape index (κ1) is 24.5. The molecule has 0 aliphatic heterocycles. The lowest BCUT2D eigenvalue weighted by Gasteiger charge is -2.14. The van der Waals surface area contributed by atoms with Crippen LogP contribution in [0.15, 0.2) is 29.4 Å². The highest BCUT2D eigenvalue weighted by Gasteiger charge is 2.20. The molecule has 0 aliphatic rings. The molecule has 7 nitrogen and oxygen atoms in total. The van der Waals surface area contributed by atoms with Crippen molar-refractivity contribution < 1.29 is 19.1 Å². The summed E-state index contributed by atoms with van der Waals surface area (Å²) in [4.78, 5) is 45.4. The van der Waals surface area contributed by atoms with Gasteiger partial charge in [-0.3, -0.25) is 14.4 Å². The summed E-state index contributed by atoms with van der Waals surface area (Å²) < 4.78 is 5.34. The van der Waals surface area contributed by atoms with Gasteiger partial charge in [-0.1, -0.05) is 25.6 Å². The summed E-state index contributed by atoms with van der Waals surface area (Å²) in [6, 6.07) is 6.54. The summed E-state index contributed by atoms with van der Waals surface area (Å²) >= 11 is 1.47. The number of rotatable bonds is 9. The zero-order valence-corrected chi connectivity index (χ0v) is 19.6. The summed E-state index contributed by atoms with van der Waals surface area (Å²) in [5.74, 6) is -0.979. The van der Waals surface area contributed by atoms with E-state index in [9.17, 15) is 14.4 Å². The van der Waals surface area contributed by atoms with Crippen LogP contribution in [-0.2, 0) is 20.7 Å². The zero-order valence-electron chi connectivity index (χ0n) is 18.8. The lowest BCUT2D eigenvalue weighted by molar-refractivity contribution is -0.146. The fraction of sp³-hybridized carbons (Fsp3) is 0.435. The predicted octanol–water partition coefficient (Wildman–Crippen LogP) is 4.16. The summed E-state index contributed by atoms with van der Waals surface area (Å²) in [7, 11) is 0. The average Bonchev–Trinajstić information content (AvgIpc) is 2.72. The Morgan fingerprint density at radius 2 is 1.61 bits per heavy atom. The number of carbonyl (C=O) groups excluding carboxylic acids is 3. The number of Topliss-reactive ketones (excluding diaryl/α,β-unsaturated/α-hetero) is 1. The van der Waals surface area contributed by atoms with Crippen LogP contribution in [-0.4, -0.2) is 40.0 Å². The molecule has 0 fully saturated rings. The third-order valence-electron chi connectivity index (χ3n) is 4.80. The van der Waals surface area contributed by atoms with Crippen LogP contribution in [0.4, 0.5) is 5.69 Å². The summed E-state index contributed by atoms with van der Waals surface area (Å²) in [5, 5.41) is 3.47. The van der Waals surface area contributed by atoms with E-state index in [1.165, 1.54) is 11.8 Å². The topological polar surface area (TPSA) is 98.2 Å². The molecule has 1 aromatic heterocycles. The molecule has 0 radical (unpaired) electrons. The minimum absolute atomic E-state index is 0.0969. The van der Waals surface area contributed by atoms with Crippen molar-refractivity contribution >= 4 is 35.1 Å². The van der Waals surface area contributed by atoms with Gasteiger partial charge < -0.3 is 10.1 Å². The van der Waals surface area contributed by atoms with Gasteiger partial charge in [0.2, 0.25) is 11.7 Å². The van der Waals surface area contributed by atoms with Gasteiger partial charge in [0.1, 0.15) is 0 Å². The molecule has 2 aromatic rings. The van der Waals surface area contributed by atoms with Crippen LogP contribution in [0.25, 0.3) is 0 Å². The maximum Gasteiger partial charge on any atom is 0.306 e. The second-order valence-electron chi connectivity index (χ2n) is 7.58. The number of amides is 1. The number of thioether (sulfide) groups is 1. The molecule has 0 saturated carbocycles. The average molecular weight is 444 g/mol. The Morgan fingerprint density at radius 3 is 2.13 bits per heavy atom. The van der Waals surface area contributed by atoms with Crippen molar-refractivity contribution in [3.8, 4) is 0 Å². The van der Waals surface area contributed by atoms with Gasteiger partial charge >= 0.3 is 5.97 Å². The number of ketones is 1. The molecular formula is C23H29N3O4S. The molecule has 1 atom stereocenters. The molecule has 2 rings (SSSR count). The number of nitrogens with one attached hydrogen (secondary N) is 1. The lowest BCUT2D eigenvalue weighted by Crippen LogP contribution is -2.24. The van der Waals surface area contributed by atoms with E-state index >= 15 is 0 Å². The van der Waals surface area contributed by atoms with E-state index in [0.29, 0.717) is 22.8 Å². The third kappa shape index (κ3) is 6.89. The number of ether oxygens (including phenoxy) is 1. The molecule has 31 heavy (non-hydrogen) atoms. The highest BCUT2D eigenvalue weighted by Crippen LogP contribution is 2.18. The van der Waals surface area contributed by atoms with Crippen LogP contribution in [0.2, 0.25) is 0 Å². The molecule has 0 saturated heterocycles. The molecule has 1 heterocycles. The van der Waals surface area contributed by atoms with Gasteiger partial charge in [-0.05, 0) is 63.3 Å². The van der Waals surface area contributed by atoms with Gasteiger partial charge in [-0.15, -0.1) is 0 Å². The molecule has 1 aromatic carbocycles. The molecule has 0 spiro atoms. The predicted molar refractivity (Wildman–Crippen MR) is 121 cm³/mol.